The Morgan fingerprint density at radius 2 is 1.69 bits per heavy atom. The Hall–Kier alpha value is -2.98. The van der Waals surface area contributed by atoms with Crippen LogP contribution in [0, 0.1) is 11.2 Å². The highest BCUT2D eigenvalue weighted by Gasteiger charge is 2.33. The Morgan fingerprint density at radius 3 is 2.26 bits per heavy atom. The number of carbonyl (C=O) groups is 2. The van der Waals surface area contributed by atoms with Crippen molar-refractivity contribution in [2.75, 3.05) is 19.7 Å². The normalized spacial score (nSPS) is 15.5. The lowest BCUT2D eigenvalue weighted by atomic mass is 9.86. The minimum Gasteiger partial charge on any atom is -0.494 e. The zero-order chi connectivity index (χ0) is 25.6. The quantitative estimate of drug-likeness (QED) is 0.476. The molecule has 35 heavy (non-hydrogen) atoms. The molecule has 8 nitrogen and oxygen atoms in total. The maximum absolute atomic E-state index is 13.0. The average Bonchev–Trinajstić information content (AvgIpc) is 2.83. The lowest BCUT2D eigenvalue weighted by Gasteiger charge is -2.33. The van der Waals surface area contributed by atoms with Gasteiger partial charge in [0.25, 0.3) is 0 Å². The van der Waals surface area contributed by atoms with E-state index in [1.807, 2.05) is 13.8 Å². The molecule has 1 aliphatic heterocycles. The number of ether oxygens (including phenoxy) is 1. The number of rotatable bonds is 10. The number of piperidine rings is 1. The number of amides is 1. The lowest BCUT2D eigenvalue weighted by Crippen LogP contribution is -2.49. The third-order valence-corrected chi connectivity index (χ3v) is 8.08. The van der Waals surface area contributed by atoms with Gasteiger partial charge in [-0.3, -0.25) is 4.79 Å². The van der Waals surface area contributed by atoms with Crippen molar-refractivity contribution < 1.29 is 32.2 Å². The van der Waals surface area contributed by atoms with E-state index in [9.17, 15) is 22.4 Å². The maximum atomic E-state index is 13.0. The zero-order valence-electron chi connectivity index (χ0n) is 19.9. The summed E-state index contributed by atoms with van der Waals surface area (Å²) in [4.78, 5) is 23.9. The minimum atomic E-state index is -3.73. The van der Waals surface area contributed by atoms with Gasteiger partial charge in [0, 0.05) is 24.5 Å². The second kappa shape index (κ2) is 11.2. The van der Waals surface area contributed by atoms with Gasteiger partial charge in [0.15, 0.2) is 0 Å². The van der Waals surface area contributed by atoms with Crippen LogP contribution in [0.1, 0.15) is 49.9 Å². The topological polar surface area (TPSA) is 113 Å². The van der Waals surface area contributed by atoms with Crippen LogP contribution in [0.5, 0.6) is 5.75 Å². The van der Waals surface area contributed by atoms with Crippen molar-refractivity contribution in [3.05, 3.63) is 59.9 Å². The molecule has 0 spiro atoms. The van der Waals surface area contributed by atoms with E-state index in [-0.39, 0.29) is 41.3 Å². The summed E-state index contributed by atoms with van der Waals surface area (Å²) < 4.78 is 45.7. The van der Waals surface area contributed by atoms with Gasteiger partial charge in [-0.1, -0.05) is 13.8 Å². The third kappa shape index (κ3) is 7.02. The number of hydrogen-bond acceptors (Lipinski definition) is 5. The largest absolute Gasteiger partial charge is 0.494 e. The molecule has 0 radical (unpaired) electrons. The molecule has 2 aromatic rings. The van der Waals surface area contributed by atoms with Gasteiger partial charge in [-0.2, -0.15) is 4.31 Å². The predicted molar refractivity (Wildman–Crippen MR) is 128 cm³/mol. The second-order valence-electron chi connectivity index (χ2n) is 9.27. The predicted octanol–water partition coefficient (Wildman–Crippen LogP) is 3.68. The van der Waals surface area contributed by atoms with E-state index in [4.69, 9.17) is 9.84 Å². The number of benzene rings is 2. The number of sulfonamides is 1. The van der Waals surface area contributed by atoms with Crippen LogP contribution in [0.3, 0.4) is 0 Å². The molecule has 10 heteroatoms. The molecule has 1 amide bonds. The number of hydrogen-bond donors (Lipinski definition) is 2. The van der Waals surface area contributed by atoms with Gasteiger partial charge in [-0.15, -0.1) is 0 Å². The van der Waals surface area contributed by atoms with E-state index in [2.05, 4.69) is 5.32 Å². The van der Waals surface area contributed by atoms with Gasteiger partial charge in [0.1, 0.15) is 11.6 Å². The monoisotopic (exact) mass is 506 g/mol. The molecular weight excluding hydrogens is 475 g/mol. The fraction of sp³-hybridized carbons (Fsp3) is 0.440. The van der Waals surface area contributed by atoms with Crippen molar-refractivity contribution >= 4 is 21.9 Å². The van der Waals surface area contributed by atoms with Gasteiger partial charge in [0.2, 0.25) is 15.9 Å². The SMILES string of the molecule is CC(C)(CCCOc1ccc(F)cc1)C(=O)NC1CCN(S(=O)(=O)c2ccc(C(=O)O)cc2)CC1. The Balaban J connectivity index is 1.45. The summed E-state index contributed by atoms with van der Waals surface area (Å²) in [5.41, 5.74) is -0.601. The highest BCUT2D eigenvalue weighted by Crippen LogP contribution is 2.26. The second-order valence-corrected chi connectivity index (χ2v) is 11.2. The minimum absolute atomic E-state index is 0.0232. The van der Waals surface area contributed by atoms with Crippen molar-refractivity contribution in [1.29, 1.82) is 0 Å². The first kappa shape index (κ1) is 26.6. The molecule has 0 unspecified atom stereocenters. The molecule has 1 fully saturated rings. The molecule has 2 N–H and O–H groups in total. The highest BCUT2D eigenvalue weighted by molar-refractivity contribution is 7.89. The Kier molecular flexibility index (Phi) is 8.50. The summed E-state index contributed by atoms with van der Waals surface area (Å²) in [5.74, 6) is -0.958. The molecule has 0 aliphatic carbocycles. The van der Waals surface area contributed by atoms with Crippen LogP contribution in [-0.2, 0) is 14.8 Å². The van der Waals surface area contributed by atoms with Gasteiger partial charge < -0.3 is 15.2 Å². The molecule has 1 aliphatic rings. The molecule has 0 bridgehead atoms. The van der Waals surface area contributed by atoms with E-state index in [1.165, 1.54) is 40.7 Å². The standard InChI is InChI=1S/C25H31FN2O6S/c1-25(2,14-3-17-34-21-8-6-19(26)7-9-21)24(31)27-20-12-15-28(16-13-20)35(32,33)22-10-4-18(5-11-22)23(29)30/h4-11,20H,3,12-17H2,1-2H3,(H,27,31)(H,29,30). The third-order valence-electron chi connectivity index (χ3n) is 6.17. The molecule has 1 heterocycles. The van der Waals surface area contributed by atoms with Gasteiger partial charge in [-0.25, -0.2) is 17.6 Å². The van der Waals surface area contributed by atoms with E-state index < -0.39 is 21.4 Å². The van der Waals surface area contributed by atoms with Gasteiger partial charge >= 0.3 is 5.97 Å². The summed E-state index contributed by atoms with van der Waals surface area (Å²) in [6.45, 7) is 4.66. The smallest absolute Gasteiger partial charge is 0.335 e. The number of carboxylic acid groups (broad SMARTS) is 1. The van der Waals surface area contributed by atoms with E-state index in [1.54, 1.807) is 12.1 Å². The summed E-state index contributed by atoms with van der Waals surface area (Å²) in [5, 5.41) is 12.0. The van der Waals surface area contributed by atoms with Gasteiger partial charge in [0.05, 0.1) is 17.1 Å². The Bertz CT molecular complexity index is 1130. The first-order valence-electron chi connectivity index (χ1n) is 11.5. The highest BCUT2D eigenvalue weighted by atomic mass is 32.2. The molecule has 0 aromatic heterocycles. The Morgan fingerprint density at radius 1 is 1.09 bits per heavy atom. The van der Waals surface area contributed by atoms with Crippen LogP contribution in [0.2, 0.25) is 0 Å². The van der Waals surface area contributed by atoms with Crippen LogP contribution < -0.4 is 10.1 Å². The zero-order valence-corrected chi connectivity index (χ0v) is 20.7. The first-order valence-corrected chi connectivity index (χ1v) is 13.0. The van der Waals surface area contributed by atoms with Crippen molar-refractivity contribution in [3.8, 4) is 5.75 Å². The summed E-state index contributed by atoms with van der Waals surface area (Å²) in [6, 6.07) is 10.8. The van der Waals surface area contributed by atoms with Crippen LogP contribution in [-0.4, -0.2) is 55.4 Å². The number of aromatic carboxylic acids is 1. The molecule has 3 rings (SSSR count). The Labute approximate surface area is 205 Å². The van der Waals surface area contributed by atoms with Crippen LogP contribution in [0.15, 0.2) is 53.4 Å². The molecule has 2 aromatic carbocycles. The van der Waals surface area contributed by atoms with E-state index >= 15 is 0 Å². The molecule has 0 saturated carbocycles. The average molecular weight is 507 g/mol. The van der Waals surface area contributed by atoms with Crippen LogP contribution >= 0.6 is 0 Å². The fourth-order valence-electron chi connectivity index (χ4n) is 3.89. The maximum Gasteiger partial charge on any atom is 0.335 e. The molecule has 0 atom stereocenters. The van der Waals surface area contributed by atoms with Crippen molar-refractivity contribution in [1.82, 2.24) is 9.62 Å². The molecular formula is C25H31FN2O6S. The van der Waals surface area contributed by atoms with Crippen molar-refractivity contribution in [3.63, 3.8) is 0 Å². The molecule has 190 valence electrons. The van der Waals surface area contributed by atoms with E-state index in [0.29, 0.717) is 38.0 Å². The van der Waals surface area contributed by atoms with Crippen molar-refractivity contribution in [2.24, 2.45) is 5.41 Å². The summed E-state index contributed by atoms with van der Waals surface area (Å²) in [6.07, 6.45) is 2.22. The number of nitrogens with one attached hydrogen (secondary N) is 1. The van der Waals surface area contributed by atoms with Crippen molar-refractivity contribution in [2.45, 2.75) is 50.5 Å². The van der Waals surface area contributed by atoms with E-state index in [0.717, 1.165) is 0 Å². The lowest BCUT2D eigenvalue weighted by molar-refractivity contribution is -0.130. The number of carbonyl (C=O) groups excluding carboxylic acids is 1. The number of nitrogens with zero attached hydrogens (tertiary/aromatic N) is 1. The molecule has 1 saturated heterocycles. The number of carboxylic acids is 1. The van der Waals surface area contributed by atoms with Crippen LogP contribution in [0.25, 0.3) is 0 Å². The van der Waals surface area contributed by atoms with Crippen LogP contribution in [0.4, 0.5) is 4.39 Å². The summed E-state index contributed by atoms with van der Waals surface area (Å²) >= 11 is 0. The fourth-order valence-corrected chi connectivity index (χ4v) is 5.36. The summed E-state index contributed by atoms with van der Waals surface area (Å²) in [7, 11) is -3.73. The number of halogens is 1. The van der Waals surface area contributed by atoms with Gasteiger partial charge in [-0.05, 0) is 74.2 Å². The first-order chi connectivity index (χ1) is 16.5.